The van der Waals surface area contributed by atoms with Crippen molar-refractivity contribution in [3.63, 3.8) is 0 Å². The highest BCUT2D eigenvalue weighted by Gasteiger charge is 2.11. The predicted molar refractivity (Wildman–Crippen MR) is 75.1 cm³/mol. The molecule has 1 N–H and O–H groups in total. The number of likely N-dealkylation sites (N-methyl/N-ethyl adjacent to an activating group) is 1. The van der Waals surface area contributed by atoms with E-state index in [1.807, 2.05) is 30.8 Å². The van der Waals surface area contributed by atoms with Crippen LogP contribution in [0, 0.1) is 0 Å². The Morgan fingerprint density at radius 3 is 3.16 bits per heavy atom. The first-order chi connectivity index (χ1) is 9.26. The second-order valence-electron chi connectivity index (χ2n) is 4.44. The molecule has 0 fully saturated rings. The van der Waals surface area contributed by atoms with Crippen LogP contribution in [0.25, 0.3) is 21.7 Å². The molecule has 0 amide bonds. The maximum Gasteiger partial charge on any atom is 0.257 e. The van der Waals surface area contributed by atoms with Crippen LogP contribution in [0.1, 0.15) is 12.7 Å². The third kappa shape index (κ3) is 2.50. The molecule has 19 heavy (non-hydrogen) atoms. The van der Waals surface area contributed by atoms with Gasteiger partial charge >= 0.3 is 0 Å². The summed E-state index contributed by atoms with van der Waals surface area (Å²) in [4.78, 5) is 8.68. The molecule has 0 aliphatic carbocycles. The maximum atomic E-state index is 5.32. The van der Waals surface area contributed by atoms with E-state index in [-0.39, 0.29) is 0 Å². The van der Waals surface area contributed by atoms with Crippen LogP contribution in [-0.2, 0) is 6.42 Å². The largest absolute Gasteiger partial charge is 0.334 e. The molecule has 6 heteroatoms. The van der Waals surface area contributed by atoms with Gasteiger partial charge in [-0.15, -0.1) is 11.3 Å². The average molecular weight is 274 g/mol. The van der Waals surface area contributed by atoms with Crippen LogP contribution in [0.4, 0.5) is 0 Å². The number of fused-ring (bicyclic) bond motifs is 1. The van der Waals surface area contributed by atoms with Crippen molar-refractivity contribution in [2.24, 2.45) is 0 Å². The summed E-state index contributed by atoms with van der Waals surface area (Å²) in [6.45, 7) is 2.08. The lowest BCUT2D eigenvalue weighted by Crippen LogP contribution is -2.24. The number of nitrogens with zero attached hydrogens (tertiary/aromatic N) is 3. The molecule has 0 saturated carbocycles. The zero-order valence-electron chi connectivity index (χ0n) is 10.8. The van der Waals surface area contributed by atoms with Gasteiger partial charge < -0.3 is 9.84 Å². The summed E-state index contributed by atoms with van der Waals surface area (Å²) in [5.41, 5.74) is 3.77. The molecule has 0 radical (unpaired) electrons. The SMILES string of the molecule is CNC(C)Cc1noc(-c2ccc3ncsc3c2)n1. The summed E-state index contributed by atoms with van der Waals surface area (Å²) >= 11 is 1.61. The minimum atomic E-state index is 0.328. The zero-order valence-corrected chi connectivity index (χ0v) is 11.6. The van der Waals surface area contributed by atoms with Gasteiger partial charge in [-0.25, -0.2) is 4.98 Å². The van der Waals surface area contributed by atoms with Gasteiger partial charge in [-0.2, -0.15) is 4.98 Å². The van der Waals surface area contributed by atoms with E-state index in [0.29, 0.717) is 11.9 Å². The molecule has 0 saturated heterocycles. The summed E-state index contributed by atoms with van der Waals surface area (Å²) in [6, 6.07) is 6.29. The predicted octanol–water partition coefficient (Wildman–Crippen LogP) is 2.50. The van der Waals surface area contributed by atoms with E-state index >= 15 is 0 Å². The lowest BCUT2D eigenvalue weighted by molar-refractivity contribution is 0.418. The van der Waals surface area contributed by atoms with E-state index in [1.54, 1.807) is 11.3 Å². The highest BCUT2D eigenvalue weighted by atomic mass is 32.1. The van der Waals surface area contributed by atoms with Crippen molar-refractivity contribution >= 4 is 21.6 Å². The van der Waals surface area contributed by atoms with Crippen LogP contribution in [0.5, 0.6) is 0 Å². The minimum Gasteiger partial charge on any atom is -0.334 e. The summed E-state index contributed by atoms with van der Waals surface area (Å²) < 4.78 is 6.44. The van der Waals surface area contributed by atoms with Crippen molar-refractivity contribution in [1.82, 2.24) is 20.4 Å². The van der Waals surface area contributed by atoms with Crippen molar-refractivity contribution in [3.05, 3.63) is 29.5 Å². The molecule has 3 aromatic rings. The van der Waals surface area contributed by atoms with Gasteiger partial charge in [0.05, 0.1) is 15.7 Å². The fourth-order valence-electron chi connectivity index (χ4n) is 1.82. The first kappa shape index (κ1) is 12.3. The highest BCUT2D eigenvalue weighted by molar-refractivity contribution is 7.16. The van der Waals surface area contributed by atoms with Crippen LogP contribution < -0.4 is 5.32 Å². The Balaban J connectivity index is 1.89. The van der Waals surface area contributed by atoms with Gasteiger partial charge in [0.2, 0.25) is 0 Å². The van der Waals surface area contributed by atoms with Gasteiger partial charge in [-0.05, 0) is 32.2 Å². The van der Waals surface area contributed by atoms with Gasteiger partial charge in [0, 0.05) is 18.0 Å². The van der Waals surface area contributed by atoms with Crippen LogP contribution in [0.3, 0.4) is 0 Å². The fraction of sp³-hybridized carbons (Fsp3) is 0.308. The summed E-state index contributed by atoms with van der Waals surface area (Å²) in [6.07, 6.45) is 0.753. The molecule has 2 aromatic heterocycles. The van der Waals surface area contributed by atoms with E-state index in [4.69, 9.17) is 4.52 Å². The van der Waals surface area contributed by atoms with E-state index in [1.165, 1.54) is 0 Å². The number of rotatable bonds is 4. The normalized spacial score (nSPS) is 12.9. The van der Waals surface area contributed by atoms with Crippen molar-refractivity contribution in [3.8, 4) is 11.5 Å². The molecule has 0 bridgehead atoms. The molecule has 2 heterocycles. The molecule has 5 nitrogen and oxygen atoms in total. The number of hydrogen-bond acceptors (Lipinski definition) is 6. The number of nitrogens with one attached hydrogen (secondary N) is 1. The fourth-order valence-corrected chi connectivity index (χ4v) is 2.53. The van der Waals surface area contributed by atoms with Gasteiger partial charge in [0.1, 0.15) is 0 Å². The van der Waals surface area contributed by atoms with Gasteiger partial charge in [-0.1, -0.05) is 5.16 Å². The first-order valence-corrected chi connectivity index (χ1v) is 6.97. The van der Waals surface area contributed by atoms with E-state index in [9.17, 15) is 0 Å². The number of thiazole rings is 1. The molecule has 0 aliphatic heterocycles. The van der Waals surface area contributed by atoms with Crippen molar-refractivity contribution in [2.45, 2.75) is 19.4 Å². The molecule has 3 rings (SSSR count). The second-order valence-corrected chi connectivity index (χ2v) is 5.33. The number of benzene rings is 1. The molecular weight excluding hydrogens is 260 g/mol. The van der Waals surface area contributed by atoms with E-state index < -0.39 is 0 Å². The molecule has 0 aliphatic rings. The van der Waals surface area contributed by atoms with Gasteiger partial charge in [0.15, 0.2) is 5.82 Å². The summed E-state index contributed by atoms with van der Waals surface area (Å²) in [5.74, 6) is 1.29. The van der Waals surface area contributed by atoms with Crippen molar-refractivity contribution in [1.29, 1.82) is 0 Å². The Bertz CT molecular complexity index is 691. The minimum absolute atomic E-state index is 0.328. The van der Waals surface area contributed by atoms with Gasteiger partial charge in [-0.3, -0.25) is 0 Å². The van der Waals surface area contributed by atoms with Crippen LogP contribution in [0.2, 0.25) is 0 Å². The second kappa shape index (κ2) is 5.07. The lowest BCUT2D eigenvalue weighted by Gasteiger charge is -2.04. The maximum absolute atomic E-state index is 5.32. The molecule has 98 valence electrons. The third-order valence-electron chi connectivity index (χ3n) is 3.03. The topological polar surface area (TPSA) is 63.8 Å². The molecule has 0 spiro atoms. The molecule has 1 aromatic carbocycles. The summed E-state index contributed by atoms with van der Waals surface area (Å²) in [7, 11) is 1.92. The monoisotopic (exact) mass is 274 g/mol. The molecule has 1 atom stereocenters. The van der Waals surface area contributed by atoms with Crippen LogP contribution >= 0.6 is 11.3 Å². The molecule has 1 unspecified atom stereocenters. The number of aromatic nitrogens is 3. The summed E-state index contributed by atoms with van der Waals surface area (Å²) in [5, 5.41) is 7.16. The standard InChI is InChI=1S/C13H14N4OS/c1-8(14-2)5-12-16-13(18-17-12)9-3-4-10-11(6-9)19-7-15-10/h3-4,6-8,14H,5H2,1-2H3. The smallest absolute Gasteiger partial charge is 0.257 e. The van der Waals surface area contributed by atoms with Crippen LogP contribution in [0.15, 0.2) is 28.2 Å². The average Bonchev–Trinajstić information content (AvgIpc) is 3.05. The highest BCUT2D eigenvalue weighted by Crippen LogP contribution is 2.25. The first-order valence-electron chi connectivity index (χ1n) is 6.10. The zero-order chi connectivity index (χ0) is 13.2. The lowest BCUT2D eigenvalue weighted by atomic mass is 10.2. The Morgan fingerprint density at radius 1 is 1.42 bits per heavy atom. The Labute approximate surface area is 114 Å². The van der Waals surface area contributed by atoms with Gasteiger partial charge in [0.25, 0.3) is 5.89 Å². The van der Waals surface area contributed by atoms with Crippen molar-refractivity contribution < 1.29 is 4.52 Å². The van der Waals surface area contributed by atoms with E-state index in [2.05, 4.69) is 27.4 Å². The Hall–Kier alpha value is -1.79. The Kier molecular flexibility index (Phi) is 3.27. The Morgan fingerprint density at radius 2 is 2.32 bits per heavy atom. The molecular formula is C13H14N4OS. The van der Waals surface area contributed by atoms with E-state index in [0.717, 1.165) is 28.0 Å². The van der Waals surface area contributed by atoms with Crippen molar-refractivity contribution in [2.75, 3.05) is 7.05 Å². The quantitative estimate of drug-likeness (QED) is 0.792. The third-order valence-corrected chi connectivity index (χ3v) is 3.82. The van der Waals surface area contributed by atoms with Crippen LogP contribution in [-0.4, -0.2) is 28.2 Å². The number of hydrogen-bond donors (Lipinski definition) is 1.